The summed E-state index contributed by atoms with van der Waals surface area (Å²) in [7, 11) is 0. The van der Waals surface area contributed by atoms with Crippen molar-refractivity contribution in [1.82, 2.24) is 30.3 Å². The van der Waals surface area contributed by atoms with Crippen molar-refractivity contribution in [3.8, 4) is 5.69 Å². The van der Waals surface area contributed by atoms with Gasteiger partial charge in [0.15, 0.2) is 11.2 Å². The molecule has 0 aliphatic heterocycles. The van der Waals surface area contributed by atoms with E-state index in [2.05, 4.69) is 30.9 Å². The highest BCUT2D eigenvalue weighted by molar-refractivity contribution is 5.90. The maximum atomic E-state index is 11.4. The van der Waals surface area contributed by atoms with Gasteiger partial charge in [-0.05, 0) is 42.3 Å². The zero-order valence-electron chi connectivity index (χ0n) is 16.8. The van der Waals surface area contributed by atoms with E-state index in [9.17, 15) is 14.7 Å². The third-order valence-corrected chi connectivity index (χ3v) is 4.61. The number of hydrogen-bond acceptors (Lipinski definition) is 7. The maximum Gasteiger partial charge on any atom is 0.336 e. The van der Waals surface area contributed by atoms with Crippen molar-refractivity contribution in [2.75, 3.05) is 5.32 Å². The molecule has 10 nitrogen and oxygen atoms in total. The Bertz CT molecular complexity index is 1300. The minimum Gasteiger partial charge on any atom is -0.478 e. The molecule has 0 saturated heterocycles. The van der Waals surface area contributed by atoms with Crippen LogP contribution in [0.3, 0.4) is 0 Å². The lowest BCUT2D eigenvalue weighted by molar-refractivity contribution is -0.119. The van der Waals surface area contributed by atoms with E-state index >= 15 is 0 Å². The van der Waals surface area contributed by atoms with Crippen molar-refractivity contribution >= 4 is 34.7 Å². The Morgan fingerprint density at radius 1 is 1.16 bits per heavy atom. The van der Waals surface area contributed by atoms with Gasteiger partial charge in [0.05, 0.1) is 17.4 Å². The smallest absolute Gasteiger partial charge is 0.336 e. The van der Waals surface area contributed by atoms with Crippen molar-refractivity contribution in [3.05, 3.63) is 65.4 Å². The number of carbonyl (C=O) groups excluding carboxylic acids is 1. The van der Waals surface area contributed by atoms with Crippen LogP contribution in [-0.2, 0) is 11.3 Å². The van der Waals surface area contributed by atoms with Crippen molar-refractivity contribution in [1.29, 1.82) is 0 Å². The normalized spacial score (nSPS) is 10.8. The summed E-state index contributed by atoms with van der Waals surface area (Å²) in [5.41, 5.74) is 4.05. The lowest BCUT2D eigenvalue weighted by atomic mass is 10.1. The van der Waals surface area contributed by atoms with Gasteiger partial charge in [-0.1, -0.05) is 23.4 Å². The molecule has 2 heterocycles. The van der Waals surface area contributed by atoms with Gasteiger partial charge in [-0.2, -0.15) is 9.67 Å². The van der Waals surface area contributed by atoms with Gasteiger partial charge in [-0.25, -0.2) is 9.78 Å². The molecule has 0 bridgehead atoms. The fraction of sp³-hybridized carbons (Fsp3) is 0.143. The Hall–Kier alpha value is -4.34. The van der Waals surface area contributed by atoms with Crippen LogP contribution in [-0.4, -0.2) is 41.9 Å². The third-order valence-electron chi connectivity index (χ3n) is 4.61. The molecule has 0 radical (unpaired) electrons. The van der Waals surface area contributed by atoms with E-state index in [1.54, 1.807) is 29.9 Å². The van der Waals surface area contributed by atoms with Gasteiger partial charge in [-0.3, -0.25) is 4.79 Å². The summed E-state index contributed by atoms with van der Waals surface area (Å²) in [6.45, 7) is 3.60. The molecule has 0 aliphatic rings. The predicted molar refractivity (Wildman–Crippen MR) is 113 cm³/mol. The summed E-state index contributed by atoms with van der Waals surface area (Å²) in [4.78, 5) is 31.3. The van der Waals surface area contributed by atoms with Crippen LogP contribution in [0.5, 0.6) is 0 Å². The fourth-order valence-electron chi connectivity index (χ4n) is 3.05. The number of rotatable bonds is 6. The number of aromatic nitrogens is 5. The van der Waals surface area contributed by atoms with Crippen LogP contribution < -0.4 is 10.6 Å². The number of fused-ring (bicyclic) bond motifs is 1. The minimum atomic E-state index is -1.00. The molecule has 1 amide bonds. The second kappa shape index (κ2) is 8.19. The van der Waals surface area contributed by atoms with Crippen LogP contribution >= 0.6 is 0 Å². The van der Waals surface area contributed by atoms with Crippen molar-refractivity contribution in [2.24, 2.45) is 0 Å². The first kappa shape index (κ1) is 20.0. The van der Waals surface area contributed by atoms with E-state index in [4.69, 9.17) is 0 Å². The topological polar surface area (TPSA) is 135 Å². The number of carbonyl (C=O) groups is 2. The van der Waals surface area contributed by atoms with Gasteiger partial charge >= 0.3 is 5.97 Å². The molecule has 0 fully saturated rings. The number of aryl methyl sites for hydroxylation is 1. The van der Waals surface area contributed by atoms with Gasteiger partial charge in [0.1, 0.15) is 0 Å². The predicted octanol–water partition coefficient (Wildman–Crippen LogP) is 2.60. The van der Waals surface area contributed by atoms with E-state index in [-0.39, 0.29) is 17.4 Å². The molecule has 156 valence electrons. The molecule has 0 spiro atoms. The van der Waals surface area contributed by atoms with E-state index < -0.39 is 5.97 Å². The number of amides is 1. The monoisotopic (exact) mass is 417 g/mol. The molecular formula is C21H19N7O3. The molecule has 0 saturated carbocycles. The molecule has 10 heteroatoms. The van der Waals surface area contributed by atoms with Gasteiger partial charge in [0.25, 0.3) is 0 Å². The molecule has 2 aromatic carbocycles. The number of carboxylic acid groups (broad SMARTS) is 1. The lowest BCUT2D eigenvalue weighted by Crippen LogP contribution is -2.18. The molecule has 4 aromatic rings. The largest absolute Gasteiger partial charge is 0.478 e. The summed E-state index contributed by atoms with van der Waals surface area (Å²) < 4.78 is 1.58. The van der Waals surface area contributed by atoms with Gasteiger partial charge < -0.3 is 15.7 Å². The summed E-state index contributed by atoms with van der Waals surface area (Å²) in [5.74, 6) is -0.827. The van der Waals surface area contributed by atoms with Crippen LogP contribution in [0.15, 0.2) is 48.7 Å². The number of carboxylic acids is 1. The van der Waals surface area contributed by atoms with E-state index in [0.29, 0.717) is 29.0 Å². The summed E-state index contributed by atoms with van der Waals surface area (Å²) in [6, 6.07) is 12.5. The average molecular weight is 417 g/mol. The first-order valence-corrected chi connectivity index (χ1v) is 9.44. The molecule has 3 N–H and O–H groups in total. The van der Waals surface area contributed by atoms with E-state index in [1.165, 1.54) is 13.0 Å². The lowest BCUT2D eigenvalue weighted by Gasteiger charge is -2.08. The van der Waals surface area contributed by atoms with Crippen LogP contribution in [0.2, 0.25) is 0 Å². The third kappa shape index (κ3) is 4.32. The molecule has 31 heavy (non-hydrogen) atoms. The summed E-state index contributed by atoms with van der Waals surface area (Å²) in [6.07, 6.45) is 1.54. The molecular weight excluding hydrogens is 398 g/mol. The molecule has 4 rings (SSSR count). The minimum absolute atomic E-state index is 0.109. The van der Waals surface area contributed by atoms with Crippen LogP contribution in [0.25, 0.3) is 16.9 Å². The van der Waals surface area contributed by atoms with Crippen molar-refractivity contribution in [2.45, 2.75) is 20.4 Å². The highest BCUT2D eigenvalue weighted by Gasteiger charge is 2.12. The Kier molecular flexibility index (Phi) is 5.27. The number of nitrogens with zero attached hydrogens (tertiary/aromatic N) is 5. The fourth-order valence-corrected chi connectivity index (χ4v) is 3.05. The molecule has 2 aromatic heterocycles. The number of aromatic carboxylic acids is 1. The highest BCUT2D eigenvalue weighted by atomic mass is 16.4. The van der Waals surface area contributed by atoms with Gasteiger partial charge in [-0.15, -0.1) is 5.10 Å². The SMILES string of the molecule is CC(=O)NCc1cccc(-n2nnc3cnc(Nc4ccc(C)c(C(=O)O)c4)nc32)c1. The second-order valence-electron chi connectivity index (χ2n) is 6.94. The molecule has 0 aliphatic carbocycles. The average Bonchev–Trinajstić information content (AvgIpc) is 3.17. The Labute approximate surface area is 177 Å². The summed E-state index contributed by atoms with van der Waals surface area (Å²) in [5, 5.41) is 23.4. The number of nitrogens with one attached hydrogen (secondary N) is 2. The highest BCUT2D eigenvalue weighted by Crippen LogP contribution is 2.21. The Balaban J connectivity index is 1.66. The Morgan fingerprint density at radius 3 is 2.77 bits per heavy atom. The van der Waals surface area contributed by atoms with Crippen molar-refractivity contribution < 1.29 is 14.7 Å². The number of anilines is 2. The van der Waals surface area contributed by atoms with Crippen molar-refractivity contribution in [3.63, 3.8) is 0 Å². The van der Waals surface area contributed by atoms with Crippen LogP contribution in [0.1, 0.15) is 28.4 Å². The van der Waals surface area contributed by atoms with E-state index in [1.807, 2.05) is 24.3 Å². The number of hydrogen-bond donors (Lipinski definition) is 3. The summed E-state index contributed by atoms with van der Waals surface area (Å²) >= 11 is 0. The quantitative estimate of drug-likeness (QED) is 0.436. The van der Waals surface area contributed by atoms with Gasteiger partial charge in [0.2, 0.25) is 11.9 Å². The maximum absolute atomic E-state index is 11.4. The first-order valence-electron chi connectivity index (χ1n) is 9.44. The second-order valence-corrected chi connectivity index (χ2v) is 6.94. The zero-order valence-corrected chi connectivity index (χ0v) is 16.8. The zero-order chi connectivity index (χ0) is 22.0. The van der Waals surface area contributed by atoms with Crippen LogP contribution in [0.4, 0.5) is 11.6 Å². The van der Waals surface area contributed by atoms with E-state index in [0.717, 1.165) is 11.3 Å². The molecule has 0 unspecified atom stereocenters. The first-order chi connectivity index (χ1) is 14.9. The van der Waals surface area contributed by atoms with Crippen LogP contribution in [0, 0.1) is 6.92 Å². The number of benzene rings is 2. The Morgan fingerprint density at radius 2 is 2.00 bits per heavy atom. The van der Waals surface area contributed by atoms with Gasteiger partial charge in [0, 0.05) is 19.2 Å². The standard InChI is InChI=1S/C21H19N7O3/c1-12-6-7-15(9-17(12)20(30)31)24-21-23-11-18-19(25-21)28(27-26-18)16-5-3-4-14(8-16)10-22-13(2)29/h3-9,11H,10H2,1-2H3,(H,22,29)(H,30,31)(H,23,24,25). The molecule has 0 atom stereocenters.